The van der Waals surface area contributed by atoms with Crippen molar-refractivity contribution in [1.29, 1.82) is 0 Å². The van der Waals surface area contributed by atoms with Crippen molar-refractivity contribution in [1.82, 2.24) is 14.9 Å². The van der Waals surface area contributed by atoms with Crippen LogP contribution >= 0.6 is 12.2 Å². The smallest absolute Gasteiger partial charge is 0.293 e. The van der Waals surface area contributed by atoms with Crippen LogP contribution in [0.5, 0.6) is 11.5 Å². The summed E-state index contributed by atoms with van der Waals surface area (Å²) in [4.78, 5) is 11.7. The lowest BCUT2D eigenvalue weighted by atomic mass is 10.2. The van der Waals surface area contributed by atoms with E-state index in [1.807, 2.05) is 26.0 Å². The van der Waals surface area contributed by atoms with E-state index in [2.05, 4.69) is 15.3 Å². The molecule has 23 heavy (non-hydrogen) atoms. The van der Waals surface area contributed by atoms with Gasteiger partial charge in [-0.15, -0.1) is 0 Å². The Morgan fingerprint density at radius 2 is 2.17 bits per heavy atom. The van der Waals surface area contributed by atoms with Gasteiger partial charge in [0, 0.05) is 0 Å². The van der Waals surface area contributed by atoms with Gasteiger partial charge in [0.05, 0.1) is 19.4 Å². The zero-order chi connectivity index (χ0) is 16.7. The second kappa shape index (κ2) is 8.23. The number of aromatic amines is 1. The molecule has 0 bridgehead atoms. The van der Waals surface area contributed by atoms with Crippen molar-refractivity contribution in [3.8, 4) is 11.5 Å². The third-order valence-corrected chi connectivity index (χ3v) is 3.05. The highest BCUT2D eigenvalue weighted by Crippen LogP contribution is 2.28. The molecule has 1 N–H and O–H groups in total. The average Bonchev–Trinajstić information content (AvgIpc) is 2.54. The van der Waals surface area contributed by atoms with Crippen LogP contribution in [0.15, 0.2) is 34.3 Å². The van der Waals surface area contributed by atoms with Crippen LogP contribution in [0.2, 0.25) is 0 Å². The highest BCUT2D eigenvalue weighted by Gasteiger charge is 2.05. The Kier molecular flexibility index (Phi) is 6.04. The monoisotopic (exact) mass is 334 g/mol. The fourth-order valence-electron chi connectivity index (χ4n) is 1.78. The van der Waals surface area contributed by atoms with Crippen molar-refractivity contribution >= 4 is 18.4 Å². The summed E-state index contributed by atoms with van der Waals surface area (Å²) in [6.07, 6.45) is 3.55. The molecule has 0 aliphatic carbocycles. The lowest BCUT2D eigenvalue weighted by Gasteiger charge is -2.11. The molecular formula is C15H18N4O3S. The van der Waals surface area contributed by atoms with Crippen LogP contribution in [0, 0.1) is 4.77 Å². The molecule has 8 heteroatoms. The molecule has 0 radical (unpaired) electrons. The standard InChI is InChI=1S/C15H18N4O3S/c1-3-7-22-12-6-5-11(8-13(12)21-4-2)9-17-19-14(20)10-16-18-15(19)23/h5-6,8-10H,3-4,7H2,1-2H3,(H,18,23)/b17-9-. The predicted molar refractivity (Wildman–Crippen MR) is 90.1 cm³/mol. The molecule has 2 rings (SSSR count). The van der Waals surface area contributed by atoms with Gasteiger partial charge < -0.3 is 9.47 Å². The Morgan fingerprint density at radius 3 is 2.87 bits per heavy atom. The number of rotatable bonds is 7. The van der Waals surface area contributed by atoms with Gasteiger partial charge in [0.2, 0.25) is 4.77 Å². The Hall–Kier alpha value is -2.48. The zero-order valence-corrected chi connectivity index (χ0v) is 13.8. The summed E-state index contributed by atoms with van der Waals surface area (Å²) in [6, 6.07) is 5.45. The van der Waals surface area contributed by atoms with Crippen molar-refractivity contribution in [2.75, 3.05) is 13.2 Å². The zero-order valence-electron chi connectivity index (χ0n) is 13.0. The summed E-state index contributed by atoms with van der Waals surface area (Å²) < 4.78 is 12.4. The summed E-state index contributed by atoms with van der Waals surface area (Å²) in [5, 5.41) is 10.2. The molecule has 0 saturated heterocycles. The number of H-pyrrole nitrogens is 1. The molecule has 2 aromatic rings. The molecular weight excluding hydrogens is 316 g/mol. The fraction of sp³-hybridized carbons (Fsp3) is 0.333. The molecule has 0 unspecified atom stereocenters. The first-order valence-corrected chi connectivity index (χ1v) is 7.67. The van der Waals surface area contributed by atoms with Gasteiger partial charge >= 0.3 is 0 Å². The van der Waals surface area contributed by atoms with Gasteiger partial charge in [0.15, 0.2) is 11.5 Å². The molecule has 0 aliphatic heterocycles. The first-order chi connectivity index (χ1) is 11.2. The number of benzene rings is 1. The van der Waals surface area contributed by atoms with E-state index in [4.69, 9.17) is 21.7 Å². The Balaban J connectivity index is 2.29. The fourth-order valence-corrected chi connectivity index (χ4v) is 1.97. The van der Waals surface area contributed by atoms with E-state index in [1.54, 1.807) is 6.07 Å². The van der Waals surface area contributed by atoms with Crippen LogP contribution in [0.1, 0.15) is 25.8 Å². The Bertz CT molecular complexity index is 770. The maximum Gasteiger partial charge on any atom is 0.293 e. The lowest BCUT2D eigenvalue weighted by Crippen LogP contribution is -2.18. The summed E-state index contributed by atoms with van der Waals surface area (Å²) in [6.45, 7) is 5.09. The maximum atomic E-state index is 11.7. The SMILES string of the molecule is CCCOc1ccc(/C=N\n2c(=O)cn[nH]c2=S)cc1OCC. The number of ether oxygens (including phenoxy) is 2. The van der Waals surface area contributed by atoms with Crippen molar-refractivity contribution in [3.63, 3.8) is 0 Å². The van der Waals surface area contributed by atoms with Gasteiger partial charge in [-0.1, -0.05) is 6.92 Å². The summed E-state index contributed by atoms with van der Waals surface area (Å²) >= 11 is 4.98. The molecule has 0 atom stereocenters. The van der Waals surface area contributed by atoms with Gasteiger partial charge in [-0.05, 0) is 49.3 Å². The van der Waals surface area contributed by atoms with Gasteiger partial charge in [0.1, 0.15) is 6.20 Å². The minimum absolute atomic E-state index is 0.127. The van der Waals surface area contributed by atoms with Crippen LogP contribution in [-0.2, 0) is 0 Å². The Labute approximate surface area is 138 Å². The van der Waals surface area contributed by atoms with E-state index in [0.717, 1.165) is 22.9 Å². The minimum Gasteiger partial charge on any atom is -0.490 e. The summed E-state index contributed by atoms with van der Waals surface area (Å²) in [5.41, 5.74) is 0.355. The maximum absolute atomic E-state index is 11.7. The molecule has 0 aliphatic rings. The molecule has 1 heterocycles. The van der Waals surface area contributed by atoms with Crippen molar-refractivity contribution in [3.05, 3.63) is 45.1 Å². The highest BCUT2D eigenvalue weighted by atomic mass is 32.1. The molecule has 0 saturated carbocycles. The van der Waals surface area contributed by atoms with Crippen molar-refractivity contribution < 1.29 is 9.47 Å². The van der Waals surface area contributed by atoms with Crippen LogP contribution in [0.4, 0.5) is 0 Å². The van der Waals surface area contributed by atoms with Crippen LogP contribution in [-0.4, -0.2) is 34.3 Å². The quantitative estimate of drug-likeness (QED) is 0.621. The molecule has 1 aromatic heterocycles. The van der Waals surface area contributed by atoms with Crippen LogP contribution in [0.3, 0.4) is 0 Å². The second-order valence-electron chi connectivity index (χ2n) is 4.56. The van der Waals surface area contributed by atoms with Gasteiger partial charge in [-0.25, -0.2) is 0 Å². The third-order valence-electron chi connectivity index (χ3n) is 2.79. The van der Waals surface area contributed by atoms with E-state index in [1.165, 1.54) is 6.21 Å². The van der Waals surface area contributed by atoms with E-state index in [9.17, 15) is 4.79 Å². The van der Waals surface area contributed by atoms with Crippen LogP contribution < -0.4 is 15.0 Å². The normalized spacial score (nSPS) is 10.9. The number of aromatic nitrogens is 3. The number of hydrogen-bond acceptors (Lipinski definition) is 6. The topological polar surface area (TPSA) is 81.5 Å². The number of hydrogen-bond donors (Lipinski definition) is 1. The average molecular weight is 334 g/mol. The lowest BCUT2D eigenvalue weighted by molar-refractivity contribution is 0.277. The Morgan fingerprint density at radius 1 is 1.35 bits per heavy atom. The van der Waals surface area contributed by atoms with Crippen molar-refractivity contribution in [2.45, 2.75) is 20.3 Å². The van der Waals surface area contributed by atoms with E-state index < -0.39 is 5.56 Å². The first-order valence-electron chi connectivity index (χ1n) is 7.26. The van der Waals surface area contributed by atoms with Gasteiger partial charge in [-0.3, -0.25) is 9.89 Å². The third kappa shape index (κ3) is 4.49. The largest absolute Gasteiger partial charge is 0.490 e. The van der Waals surface area contributed by atoms with E-state index in [-0.39, 0.29) is 4.77 Å². The van der Waals surface area contributed by atoms with Crippen molar-refractivity contribution in [2.24, 2.45) is 5.10 Å². The van der Waals surface area contributed by atoms with E-state index in [0.29, 0.717) is 24.7 Å². The van der Waals surface area contributed by atoms with E-state index >= 15 is 0 Å². The van der Waals surface area contributed by atoms with Gasteiger partial charge in [-0.2, -0.15) is 14.9 Å². The van der Waals surface area contributed by atoms with Crippen LogP contribution in [0.25, 0.3) is 0 Å². The van der Waals surface area contributed by atoms with Gasteiger partial charge in [0.25, 0.3) is 5.56 Å². The molecule has 0 amide bonds. The molecule has 0 spiro atoms. The number of nitrogens with zero attached hydrogens (tertiary/aromatic N) is 3. The molecule has 122 valence electrons. The summed E-state index contributed by atoms with van der Waals surface area (Å²) in [7, 11) is 0. The highest BCUT2D eigenvalue weighted by molar-refractivity contribution is 7.71. The minimum atomic E-state index is -0.405. The number of nitrogens with one attached hydrogen (secondary N) is 1. The second-order valence-corrected chi connectivity index (χ2v) is 4.94. The summed E-state index contributed by atoms with van der Waals surface area (Å²) in [5.74, 6) is 1.32. The molecule has 7 nitrogen and oxygen atoms in total. The first kappa shape index (κ1) is 16.9. The molecule has 0 fully saturated rings. The molecule has 1 aromatic carbocycles. The predicted octanol–water partition coefficient (Wildman–Crippen LogP) is 2.37.